The van der Waals surface area contributed by atoms with E-state index in [0.717, 1.165) is 11.5 Å². The predicted molar refractivity (Wildman–Crippen MR) is 154 cm³/mol. The van der Waals surface area contributed by atoms with Crippen molar-refractivity contribution >= 4 is 85.7 Å². The molecule has 0 aliphatic carbocycles. The molecule has 0 nitrogen and oxygen atoms in total. The van der Waals surface area contributed by atoms with Crippen molar-refractivity contribution in [3.05, 3.63) is 91.0 Å². The third-order valence-electron chi connectivity index (χ3n) is 4.37. The van der Waals surface area contributed by atoms with E-state index in [1.165, 1.54) is 15.9 Å². The van der Waals surface area contributed by atoms with Gasteiger partial charge in [-0.25, -0.2) is 0 Å². The Balaban J connectivity index is 2.45. The molecule has 0 aliphatic heterocycles. The molecule has 0 N–H and O–H groups in total. The molecule has 0 radical (unpaired) electrons. The van der Waals surface area contributed by atoms with Gasteiger partial charge in [-0.1, -0.05) is 0 Å². The van der Waals surface area contributed by atoms with E-state index in [1.54, 1.807) is 2.17 Å². The van der Waals surface area contributed by atoms with Gasteiger partial charge in [0.15, 0.2) is 0 Å². The topological polar surface area (TPSA) is 0 Å². The van der Waals surface area contributed by atoms with Crippen LogP contribution in [0.3, 0.4) is 0 Å². The Labute approximate surface area is 200 Å². The zero-order valence-electron chi connectivity index (χ0n) is 16.1. The number of hydrogen-bond acceptors (Lipinski definition) is 2. The molecule has 0 aromatic heterocycles. The maximum absolute atomic E-state index is 2.93. The molecular weight excluding hydrogens is 625 g/mol. The van der Waals surface area contributed by atoms with Crippen molar-refractivity contribution in [3.8, 4) is 0 Å². The van der Waals surface area contributed by atoms with E-state index in [0.29, 0.717) is 0 Å². The monoisotopic (exact) mass is 650 g/mol. The average molecular weight is 650 g/mol. The van der Waals surface area contributed by atoms with Crippen LogP contribution >= 0.6 is 67.6 Å². The van der Waals surface area contributed by atoms with Crippen LogP contribution in [0.5, 0.6) is 0 Å². The van der Waals surface area contributed by atoms with Crippen LogP contribution in [0.25, 0.3) is 0 Å². The molecule has 3 aromatic rings. The second-order valence-electron chi connectivity index (χ2n) is 6.10. The molecule has 3 aromatic carbocycles. The van der Waals surface area contributed by atoms with Crippen molar-refractivity contribution in [2.45, 2.75) is 13.8 Å². The second-order valence-corrected chi connectivity index (χ2v) is 33.5. The first-order valence-corrected chi connectivity index (χ1v) is 20.2. The van der Waals surface area contributed by atoms with E-state index < -0.39 is 1.89 Å². The Kier molecular flexibility index (Phi) is 8.49. The van der Waals surface area contributed by atoms with Gasteiger partial charge in [0.25, 0.3) is 0 Å². The van der Waals surface area contributed by atoms with Crippen LogP contribution in [0.15, 0.2) is 91.0 Å². The van der Waals surface area contributed by atoms with Crippen LogP contribution in [-0.2, 0) is 0 Å². The summed E-state index contributed by atoms with van der Waals surface area (Å²) in [5.41, 5.74) is 0. The molecule has 5 heteroatoms. The van der Waals surface area contributed by atoms with Crippen LogP contribution in [-0.4, -0.2) is 13.7 Å². The van der Waals surface area contributed by atoms with Gasteiger partial charge in [0.05, 0.1) is 0 Å². The fourth-order valence-electron chi connectivity index (χ4n) is 3.11. The quantitative estimate of drug-likeness (QED) is 0.185. The van der Waals surface area contributed by atoms with Gasteiger partial charge in [0.1, 0.15) is 0 Å². The number of halogens is 2. The fraction of sp³-hybridized carbons (Fsp3) is 0.174. The Bertz CT molecular complexity index is 808. The third kappa shape index (κ3) is 4.56. The summed E-state index contributed by atoms with van der Waals surface area (Å²) in [5, 5.41) is 4.51. The fourth-order valence-corrected chi connectivity index (χ4v) is 37.6. The first-order chi connectivity index (χ1) is 13.6. The first-order valence-electron chi connectivity index (χ1n) is 9.33. The second kappa shape index (κ2) is 10.4. The van der Waals surface area contributed by atoms with E-state index in [2.05, 4.69) is 150 Å². The van der Waals surface area contributed by atoms with E-state index in [1.807, 2.05) is 0 Å². The summed E-state index contributed by atoms with van der Waals surface area (Å²) in [4.78, 5) is 0. The maximum atomic E-state index is 2.93. The van der Waals surface area contributed by atoms with Crippen LogP contribution in [0.1, 0.15) is 13.8 Å². The van der Waals surface area contributed by atoms with Crippen LogP contribution < -0.4 is 15.9 Å². The van der Waals surface area contributed by atoms with Crippen molar-refractivity contribution in [1.82, 2.24) is 0 Å². The molecule has 0 aliphatic rings. The molecule has 28 heavy (non-hydrogen) atoms. The third-order valence-corrected chi connectivity index (χ3v) is 32.4. The van der Waals surface area contributed by atoms with Gasteiger partial charge in [-0.3, -0.25) is 0 Å². The minimum absolute atomic E-state index is 0.266. The zero-order valence-corrected chi connectivity index (χ0v) is 22.9. The summed E-state index contributed by atoms with van der Waals surface area (Å²) in [6.07, 6.45) is 0. The molecule has 0 bridgehead atoms. The minimum atomic E-state index is -2.58. The summed E-state index contributed by atoms with van der Waals surface area (Å²) in [6.45, 7) is 4.56. The number of benzene rings is 3. The predicted octanol–water partition coefficient (Wildman–Crippen LogP) is 7.35. The van der Waals surface area contributed by atoms with Crippen molar-refractivity contribution in [2.24, 2.45) is 0 Å². The van der Waals surface area contributed by atoms with Gasteiger partial charge in [-0.2, -0.15) is 0 Å². The van der Waals surface area contributed by atoms with Crippen LogP contribution in [0.2, 0.25) is 0 Å². The van der Waals surface area contributed by atoms with Crippen molar-refractivity contribution in [2.75, 3.05) is 11.5 Å². The summed E-state index contributed by atoms with van der Waals surface area (Å²) in [5.74, 6) is 2.28. The molecule has 0 spiro atoms. The van der Waals surface area contributed by atoms with Crippen LogP contribution in [0.4, 0.5) is 0 Å². The van der Waals surface area contributed by atoms with Crippen LogP contribution in [0, 0.1) is 0 Å². The van der Waals surface area contributed by atoms with Gasteiger partial charge in [0.2, 0.25) is 0 Å². The van der Waals surface area contributed by atoms with E-state index >= 15 is 0 Å². The molecule has 3 rings (SSSR count). The molecular formula is C23H25I2PS2. The van der Waals surface area contributed by atoms with Crippen molar-refractivity contribution in [1.29, 1.82) is 0 Å². The van der Waals surface area contributed by atoms with Gasteiger partial charge >= 0.3 is 202 Å². The average Bonchev–Trinajstić information content (AvgIpc) is 2.76. The van der Waals surface area contributed by atoms with E-state index in [9.17, 15) is 0 Å². The van der Waals surface area contributed by atoms with Gasteiger partial charge in [0, 0.05) is 0 Å². The molecule has 0 heterocycles. The number of hydrogen-bond donors (Lipinski definition) is 0. The molecule has 0 atom stereocenters. The zero-order chi connectivity index (χ0) is 19.9. The Morgan fingerprint density at radius 2 is 1.00 bits per heavy atom. The number of thioether (sulfide) groups is 2. The van der Waals surface area contributed by atoms with Gasteiger partial charge < -0.3 is 0 Å². The molecule has 148 valence electrons. The molecule has 0 unspecified atom stereocenters. The van der Waals surface area contributed by atoms with E-state index in [-0.39, 0.29) is 20.2 Å². The first kappa shape index (κ1) is 22.8. The van der Waals surface area contributed by atoms with Crippen molar-refractivity contribution in [3.63, 3.8) is 0 Å². The molecule has 0 saturated carbocycles. The molecule has 0 amide bonds. The summed E-state index contributed by atoms with van der Waals surface area (Å²) in [6, 6.07) is 33.9. The Morgan fingerprint density at radius 1 is 0.679 bits per heavy atom. The molecule has 0 fully saturated rings. The van der Waals surface area contributed by atoms with E-state index in [4.69, 9.17) is 0 Å². The molecule has 0 saturated heterocycles. The summed E-state index contributed by atoms with van der Waals surface area (Å²) >= 11 is 6.80. The normalized spacial score (nSPS) is 12.9. The summed E-state index contributed by atoms with van der Waals surface area (Å²) in [7, 11) is 0. The summed E-state index contributed by atoms with van der Waals surface area (Å²) < 4.78 is -0.916. The van der Waals surface area contributed by atoms with Gasteiger partial charge in [-0.15, -0.1) is 0 Å². The van der Waals surface area contributed by atoms with Gasteiger partial charge in [-0.05, 0) is 0 Å². The van der Waals surface area contributed by atoms with Crippen molar-refractivity contribution < 1.29 is 0 Å². The Morgan fingerprint density at radius 3 is 1.29 bits per heavy atom. The Hall–Kier alpha value is 0.120. The SMILES string of the molecule is CCSC(SCC)=IP(I)(c1ccccc1)(c1ccccc1)c1ccccc1. The standard InChI is InChI=1S/C23H25I2PS2/c1-3-27-23(28-4-2)25-26(24,20-14-8-5-9-15-20,21-16-10-6-11-17-21)22-18-12-7-13-19-22/h5-19H,3-4H2,1-2H3. The number of rotatable bonds is 8.